The van der Waals surface area contributed by atoms with Crippen LogP contribution in [-0.2, 0) is 4.79 Å². The summed E-state index contributed by atoms with van der Waals surface area (Å²) in [5.74, 6) is 0.664. The lowest BCUT2D eigenvalue weighted by Crippen LogP contribution is -2.20. The van der Waals surface area contributed by atoms with Crippen LogP contribution in [0, 0.1) is 17.0 Å². The maximum absolute atomic E-state index is 12.1. The predicted octanol–water partition coefficient (Wildman–Crippen LogP) is 3.59. The first-order valence-electron chi connectivity index (χ1n) is 7.45. The van der Waals surface area contributed by atoms with Crippen LogP contribution in [0.1, 0.15) is 5.56 Å². The lowest BCUT2D eigenvalue weighted by atomic mass is 10.2. The Hall–Kier alpha value is -3.00. The van der Waals surface area contributed by atoms with Crippen molar-refractivity contribution in [2.45, 2.75) is 6.92 Å². The van der Waals surface area contributed by atoms with Gasteiger partial charge in [-0.15, -0.1) is 0 Å². The Labute approximate surface area is 154 Å². The number of ether oxygens (including phenoxy) is 3. The average molecular weight is 381 g/mol. The summed E-state index contributed by atoms with van der Waals surface area (Å²) in [4.78, 5) is 22.5. The first-order valence-corrected chi connectivity index (χ1v) is 7.82. The van der Waals surface area contributed by atoms with Gasteiger partial charge < -0.3 is 19.5 Å². The summed E-state index contributed by atoms with van der Waals surface area (Å²) in [6, 6.07) is 7.32. The van der Waals surface area contributed by atoms with Crippen molar-refractivity contribution in [3.8, 4) is 17.2 Å². The molecule has 2 rings (SSSR count). The third-order valence-electron chi connectivity index (χ3n) is 3.48. The highest BCUT2D eigenvalue weighted by Crippen LogP contribution is 2.35. The number of methoxy groups -OCH3 is 2. The second kappa shape index (κ2) is 8.39. The number of nitrogens with zero attached hydrogens (tertiary/aromatic N) is 1. The van der Waals surface area contributed by atoms with Gasteiger partial charge in [0.2, 0.25) is 0 Å². The number of carbonyl (C=O) groups excluding carboxylic acids is 1. The largest absolute Gasteiger partial charge is 0.495 e. The van der Waals surface area contributed by atoms with Crippen molar-refractivity contribution < 1.29 is 23.9 Å². The van der Waals surface area contributed by atoms with Gasteiger partial charge in [-0.1, -0.05) is 11.6 Å². The first kappa shape index (κ1) is 19.3. The molecule has 0 spiro atoms. The van der Waals surface area contributed by atoms with Gasteiger partial charge in [0.05, 0.1) is 29.9 Å². The third-order valence-corrected chi connectivity index (χ3v) is 3.78. The number of carbonyl (C=O) groups is 1. The number of aryl methyl sites for hydroxylation is 1. The summed E-state index contributed by atoms with van der Waals surface area (Å²) < 4.78 is 15.7. The molecule has 8 nitrogen and oxygen atoms in total. The van der Waals surface area contributed by atoms with Crippen molar-refractivity contribution in [2.75, 3.05) is 26.1 Å². The Balaban J connectivity index is 2.05. The van der Waals surface area contributed by atoms with Crippen LogP contribution in [0.2, 0.25) is 5.02 Å². The predicted molar refractivity (Wildman–Crippen MR) is 96.5 cm³/mol. The smallest absolute Gasteiger partial charge is 0.272 e. The van der Waals surface area contributed by atoms with E-state index in [4.69, 9.17) is 25.8 Å². The lowest BCUT2D eigenvalue weighted by Gasteiger charge is -2.13. The minimum absolute atomic E-state index is 0.0141. The summed E-state index contributed by atoms with van der Waals surface area (Å²) in [6.07, 6.45) is 0. The van der Waals surface area contributed by atoms with Crippen molar-refractivity contribution in [1.82, 2.24) is 0 Å². The standard InChI is InChI=1S/C17H17ClN2O6/c1-10-6-11(4-5-14(10)20(22)23)26-9-17(21)19-13-8-15(24-2)12(18)7-16(13)25-3/h4-8H,9H2,1-3H3,(H,19,21). The molecule has 0 aromatic heterocycles. The van der Waals surface area contributed by atoms with E-state index in [1.165, 1.54) is 44.6 Å². The number of nitro benzene ring substituents is 1. The Morgan fingerprint density at radius 2 is 1.88 bits per heavy atom. The number of hydrogen-bond acceptors (Lipinski definition) is 6. The number of rotatable bonds is 7. The van der Waals surface area contributed by atoms with Gasteiger partial charge in [-0.05, 0) is 19.1 Å². The zero-order chi connectivity index (χ0) is 19.3. The number of anilines is 1. The normalized spacial score (nSPS) is 10.2. The number of hydrogen-bond donors (Lipinski definition) is 1. The maximum Gasteiger partial charge on any atom is 0.272 e. The number of benzene rings is 2. The molecule has 9 heteroatoms. The van der Waals surface area contributed by atoms with Gasteiger partial charge in [0.1, 0.15) is 17.2 Å². The van der Waals surface area contributed by atoms with Gasteiger partial charge in [-0.3, -0.25) is 14.9 Å². The molecule has 0 bridgehead atoms. The molecule has 1 N–H and O–H groups in total. The number of halogens is 1. The fraction of sp³-hybridized carbons (Fsp3) is 0.235. The molecule has 2 aromatic carbocycles. The molecule has 0 saturated carbocycles. The molecule has 0 aliphatic carbocycles. The second-order valence-corrected chi connectivity index (χ2v) is 5.64. The number of nitrogens with one attached hydrogen (secondary N) is 1. The van der Waals surface area contributed by atoms with Crippen LogP contribution in [0.4, 0.5) is 11.4 Å². The first-order chi connectivity index (χ1) is 12.3. The van der Waals surface area contributed by atoms with Gasteiger partial charge in [0.25, 0.3) is 11.6 Å². The van der Waals surface area contributed by atoms with E-state index >= 15 is 0 Å². The van der Waals surface area contributed by atoms with Crippen molar-refractivity contribution in [2.24, 2.45) is 0 Å². The third kappa shape index (κ3) is 4.54. The highest BCUT2D eigenvalue weighted by molar-refractivity contribution is 6.32. The molecule has 0 saturated heterocycles. The van der Waals surface area contributed by atoms with Gasteiger partial charge in [0.15, 0.2) is 6.61 Å². The van der Waals surface area contributed by atoms with Crippen LogP contribution in [0.5, 0.6) is 17.2 Å². The van der Waals surface area contributed by atoms with E-state index in [-0.39, 0.29) is 12.3 Å². The topological polar surface area (TPSA) is 99.9 Å². The monoisotopic (exact) mass is 380 g/mol. The zero-order valence-corrected chi connectivity index (χ0v) is 15.1. The summed E-state index contributed by atoms with van der Waals surface area (Å²) in [5.41, 5.74) is 0.805. The van der Waals surface area contributed by atoms with E-state index in [9.17, 15) is 14.9 Å². The van der Waals surface area contributed by atoms with E-state index in [2.05, 4.69) is 5.32 Å². The Kier molecular flexibility index (Phi) is 6.24. The minimum atomic E-state index is -0.480. The van der Waals surface area contributed by atoms with E-state index in [1.807, 2.05) is 0 Å². The Morgan fingerprint density at radius 1 is 1.19 bits per heavy atom. The van der Waals surface area contributed by atoms with Crippen molar-refractivity contribution >= 4 is 28.9 Å². The molecule has 0 fully saturated rings. The van der Waals surface area contributed by atoms with Crippen molar-refractivity contribution in [3.63, 3.8) is 0 Å². The van der Waals surface area contributed by atoms with Crippen LogP contribution in [0.15, 0.2) is 30.3 Å². The second-order valence-electron chi connectivity index (χ2n) is 5.23. The molecule has 0 unspecified atom stereocenters. The van der Waals surface area contributed by atoms with Gasteiger partial charge in [-0.25, -0.2) is 0 Å². The number of nitro groups is 1. The van der Waals surface area contributed by atoms with E-state index in [0.29, 0.717) is 33.5 Å². The molecular weight excluding hydrogens is 364 g/mol. The van der Waals surface area contributed by atoms with Crippen LogP contribution in [0.3, 0.4) is 0 Å². The summed E-state index contributed by atoms with van der Waals surface area (Å²) in [5, 5.41) is 13.8. The lowest BCUT2D eigenvalue weighted by molar-refractivity contribution is -0.385. The Morgan fingerprint density at radius 3 is 2.46 bits per heavy atom. The molecule has 138 valence electrons. The van der Waals surface area contributed by atoms with Crippen LogP contribution in [0.25, 0.3) is 0 Å². The summed E-state index contributed by atoms with van der Waals surface area (Å²) in [7, 11) is 2.91. The highest BCUT2D eigenvalue weighted by atomic mass is 35.5. The fourth-order valence-electron chi connectivity index (χ4n) is 2.22. The van der Waals surface area contributed by atoms with E-state index in [0.717, 1.165) is 0 Å². The van der Waals surface area contributed by atoms with Gasteiger partial charge >= 0.3 is 0 Å². The molecular formula is C17H17ClN2O6. The minimum Gasteiger partial charge on any atom is -0.495 e. The van der Waals surface area contributed by atoms with E-state index in [1.54, 1.807) is 6.92 Å². The van der Waals surface area contributed by atoms with Crippen LogP contribution in [-0.4, -0.2) is 31.7 Å². The quantitative estimate of drug-likeness (QED) is 0.582. The molecule has 26 heavy (non-hydrogen) atoms. The maximum atomic E-state index is 12.1. The zero-order valence-electron chi connectivity index (χ0n) is 14.4. The molecule has 0 aliphatic heterocycles. The molecule has 0 atom stereocenters. The van der Waals surface area contributed by atoms with Crippen LogP contribution >= 0.6 is 11.6 Å². The Bertz CT molecular complexity index is 840. The summed E-state index contributed by atoms with van der Waals surface area (Å²) >= 11 is 6.02. The molecule has 1 amide bonds. The fourth-order valence-corrected chi connectivity index (χ4v) is 2.45. The van der Waals surface area contributed by atoms with Gasteiger partial charge in [0, 0.05) is 23.8 Å². The van der Waals surface area contributed by atoms with Gasteiger partial charge in [-0.2, -0.15) is 0 Å². The number of amides is 1. The average Bonchev–Trinajstić information content (AvgIpc) is 2.60. The summed E-state index contributed by atoms with van der Waals surface area (Å²) in [6.45, 7) is 1.31. The highest BCUT2D eigenvalue weighted by Gasteiger charge is 2.14. The van der Waals surface area contributed by atoms with Crippen molar-refractivity contribution in [1.29, 1.82) is 0 Å². The van der Waals surface area contributed by atoms with E-state index < -0.39 is 10.8 Å². The molecule has 0 aliphatic rings. The van der Waals surface area contributed by atoms with Crippen LogP contribution < -0.4 is 19.5 Å². The molecule has 0 radical (unpaired) electrons. The molecule has 2 aromatic rings. The van der Waals surface area contributed by atoms with Crippen molar-refractivity contribution in [3.05, 3.63) is 51.0 Å². The molecule has 0 heterocycles. The SMILES string of the molecule is COc1cc(NC(=O)COc2ccc([N+](=O)[O-])c(C)c2)c(OC)cc1Cl.